The maximum atomic E-state index is 6.05. The number of hydrogen-bond donors (Lipinski definition) is 1. The van der Waals surface area contributed by atoms with Gasteiger partial charge in [-0.2, -0.15) is 5.10 Å². The predicted octanol–water partition coefficient (Wildman–Crippen LogP) is 1.32. The largest absolute Gasteiger partial charge is 0.327 e. The molecular formula is C10H17N3. The van der Waals surface area contributed by atoms with Gasteiger partial charge in [0.25, 0.3) is 0 Å². The average Bonchev–Trinajstić information content (AvgIpc) is 2.58. The van der Waals surface area contributed by atoms with Crippen LogP contribution in [-0.2, 0) is 7.05 Å². The number of nitrogens with zero attached hydrogens (tertiary/aromatic N) is 2. The lowest BCUT2D eigenvalue weighted by molar-refractivity contribution is 0.610. The average molecular weight is 179 g/mol. The topological polar surface area (TPSA) is 43.8 Å². The van der Waals surface area contributed by atoms with Gasteiger partial charge in [-0.1, -0.05) is 6.42 Å². The van der Waals surface area contributed by atoms with E-state index in [0.29, 0.717) is 12.0 Å². The van der Waals surface area contributed by atoms with Crippen LogP contribution in [0.15, 0.2) is 6.20 Å². The molecule has 3 nitrogen and oxygen atoms in total. The van der Waals surface area contributed by atoms with Crippen LogP contribution < -0.4 is 5.73 Å². The molecule has 2 unspecified atom stereocenters. The molecule has 0 aromatic carbocycles. The maximum Gasteiger partial charge on any atom is 0.0628 e. The first-order valence-electron chi connectivity index (χ1n) is 4.94. The molecule has 1 aliphatic rings. The summed E-state index contributed by atoms with van der Waals surface area (Å²) in [6, 6.07) is 0.350. The SMILES string of the molecule is Cc1nn(C)cc1C1CCCC1N. The van der Waals surface area contributed by atoms with Crippen LogP contribution in [0.4, 0.5) is 0 Å². The van der Waals surface area contributed by atoms with E-state index in [-0.39, 0.29) is 0 Å². The molecule has 1 heterocycles. The normalized spacial score (nSPS) is 28.2. The minimum atomic E-state index is 0.350. The van der Waals surface area contributed by atoms with Crippen molar-refractivity contribution in [2.75, 3.05) is 0 Å². The molecule has 3 heteroatoms. The van der Waals surface area contributed by atoms with Gasteiger partial charge in [-0.3, -0.25) is 4.68 Å². The van der Waals surface area contributed by atoms with E-state index in [1.165, 1.54) is 24.8 Å². The second-order valence-corrected chi connectivity index (χ2v) is 4.04. The van der Waals surface area contributed by atoms with Crippen molar-refractivity contribution in [2.24, 2.45) is 12.8 Å². The summed E-state index contributed by atoms with van der Waals surface area (Å²) in [4.78, 5) is 0. The fourth-order valence-corrected chi connectivity index (χ4v) is 2.36. The van der Waals surface area contributed by atoms with Crippen LogP contribution in [0.2, 0.25) is 0 Å². The highest BCUT2D eigenvalue weighted by molar-refractivity contribution is 5.23. The van der Waals surface area contributed by atoms with Crippen molar-refractivity contribution in [3.05, 3.63) is 17.5 Å². The smallest absolute Gasteiger partial charge is 0.0628 e. The number of hydrogen-bond acceptors (Lipinski definition) is 2. The Labute approximate surface area is 78.9 Å². The molecule has 1 saturated carbocycles. The molecule has 0 aliphatic heterocycles. The summed E-state index contributed by atoms with van der Waals surface area (Å²) in [6.07, 6.45) is 5.78. The fraction of sp³-hybridized carbons (Fsp3) is 0.700. The van der Waals surface area contributed by atoms with Crippen LogP contribution in [0.25, 0.3) is 0 Å². The Hall–Kier alpha value is -0.830. The van der Waals surface area contributed by atoms with Crippen molar-refractivity contribution < 1.29 is 0 Å². The van der Waals surface area contributed by atoms with E-state index in [9.17, 15) is 0 Å². The highest BCUT2D eigenvalue weighted by atomic mass is 15.2. The highest BCUT2D eigenvalue weighted by Gasteiger charge is 2.27. The monoisotopic (exact) mass is 179 g/mol. The molecular weight excluding hydrogens is 162 g/mol. The third kappa shape index (κ3) is 1.48. The van der Waals surface area contributed by atoms with Crippen molar-refractivity contribution >= 4 is 0 Å². The molecule has 1 aromatic rings. The lowest BCUT2D eigenvalue weighted by Gasteiger charge is -2.13. The third-order valence-electron chi connectivity index (χ3n) is 3.02. The Bertz CT molecular complexity index is 303. The second-order valence-electron chi connectivity index (χ2n) is 4.04. The summed E-state index contributed by atoms with van der Waals surface area (Å²) in [6.45, 7) is 2.07. The zero-order chi connectivity index (χ0) is 9.42. The standard InChI is InChI=1S/C10H17N3/c1-7-9(6-13(2)12-7)8-4-3-5-10(8)11/h6,8,10H,3-5,11H2,1-2H3. The second kappa shape index (κ2) is 3.14. The van der Waals surface area contributed by atoms with Crippen molar-refractivity contribution in [3.8, 4) is 0 Å². The van der Waals surface area contributed by atoms with Crippen molar-refractivity contribution in [1.29, 1.82) is 0 Å². The van der Waals surface area contributed by atoms with E-state index in [4.69, 9.17) is 5.73 Å². The zero-order valence-electron chi connectivity index (χ0n) is 8.33. The first kappa shape index (κ1) is 8.75. The number of nitrogens with two attached hydrogens (primary N) is 1. The van der Waals surface area contributed by atoms with Crippen molar-refractivity contribution in [3.63, 3.8) is 0 Å². The van der Waals surface area contributed by atoms with Crippen molar-refractivity contribution in [1.82, 2.24) is 9.78 Å². The van der Waals surface area contributed by atoms with E-state index >= 15 is 0 Å². The number of aromatic nitrogens is 2. The minimum Gasteiger partial charge on any atom is -0.327 e. The Balaban J connectivity index is 2.28. The van der Waals surface area contributed by atoms with Crippen LogP contribution in [0, 0.1) is 6.92 Å². The Morgan fingerprint density at radius 3 is 2.77 bits per heavy atom. The molecule has 1 fully saturated rings. The van der Waals surface area contributed by atoms with E-state index in [1.807, 2.05) is 11.7 Å². The Kier molecular flexibility index (Phi) is 2.12. The molecule has 72 valence electrons. The van der Waals surface area contributed by atoms with Gasteiger partial charge in [0.2, 0.25) is 0 Å². The zero-order valence-corrected chi connectivity index (χ0v) is 8.33. The fourth-order valence-electron chi connectivity index (χ4n) is 2.36. The van der Waals surface area contributed by atoms with E-state index < -0.39 is 0 Å². The minimum absolute atomic E-state index is 0.350. The maximum absolute atomic E-state index is 6.05. The molecule has 0 spiro atoms. The Morgan fingerprint density at radius 1 is 1.54 bits per heavy atom. The molecule has 2 N–H and O–H groups in total. The van der Waals surface area contributed by atoms with Crippen LogP contribution in [-0.4, -0.2) is 15.8 Å². The summed E-state index contributed by atoms with van der Waals surface area (Å²) < 4.78 is 1.88. The van der Waals surface area contributed by atoms with Gasteiger partial charge in [0.1, 0.15) is 0 Å². The lowest BCUT2D eigenvalue weighted by Crippen LogP contribution is -2.22. The number of aryl methyl sites for hydroxylation is 2. The lowest BCUT2D eigenvalue weighted by atomic mass is 9.95. The molecule has 1 aromatic heterocycles. The molecule has 1 aliphatic carbocycles. The number of rotatable bonds is 1. The van der Waals surface area contributed by atoms with Gasteiger partial charge >= 0.3 is 0 Å². The molecule has 13 heavy (non-hydrogen) atoms. The summed E-state index contributed by atoms with van der Waals surface area (Å²) in [5.74, 6) is 0.550. The quantitative estimate of drug-likeness (QED) is 0.706. The van der Waals surface area contributed by atoms with Gasteiger partial charge in [0.05, 0.1) is 5.69 Å². The third-order valence-corrected chi connectivity index (χ3v) is 3.02. The van der Waals surface area contributed by atoms with Gasteiger partial charge in [-0.05, 0) is 25.3 Å². The van der Waals surface area contributed by atoms with Crippen LogP contribution in [0.3, 0.4) is 0 Å². The van der Waals surface area contributed by atoms with Gasteiger partial charge in [0.15, 0.2) is 0 Å². The summed E-state index contributed by atoms with van der Waals surface area (Å²) >= 11 is 0. The summed E-state index contributed by atoms with van der Waals surface area (Å²) in [7, 11) is 1.97. The van der Waals surface area contributed by atoms with Gasteiger partial charge < -0.3 is 5.73 Å². The highest BCUT2D eigenvalue weighted by Crippen LogP contribution is 2.34. The van der Waals surface area contributed by atoms with E-state index in [0.717, 1.165) is 5.69 Å². The molecule has 0 amide bonds. The first-order valence-corrected chi connectivity index (χ1v) is 4.94. The molecule has 0 bridgehead atoms. The Morgan fingerprint density at radius 2 is 2.31 bits per heavy atom. The predicted molar refractivity (Wildman–Crippen MR) is 52.5 cm³/mol. The molecule has 0 saturated heterocycles. The van der Waals surface area contributed by atoms with E-state index in [2.05, 4.69) is 18.2 Å². The van der Waals surface area contributed by atoms with Gasteiger partial charge in [-0.15, -0.1) is 0 Å². The van der Waals surface area contributed by atoms with Gasteiger partial charge in [0, 0.05) is 25.2 Å². The molecule has 2 atom stereocenters. The van der Waals surface area contributed by atoms with Gasteiger partial charge in [-0.25, -0.2) is 0 Å². The first-order chi connectivity index (χ1) is 6.18. The molecule has 0 radical (unpaired) electrons. The van der Waals surface area contributed by atoms with E-state index in [1.54, 1.807) is 0 Å². The van der Waals surface area contributed by atoms with Crippen LogP contribution in [0.5, 0.6) is 0 Å². The summed E-state index contributed by atoms with van der Waals surface area (Å²) in [5.41, 5.74) is 8.55. The van der Waals surface area contributed by atoms with Crippen LogP contribution >= 0.6 is 0 Å². The van der Waals surface area contributed by atoms with Crippen molar-refractivity contribution in [2.45, 2.75) is 38.1 Å². The van der Waals surface area contributed by atoms with Crippen LogP contribution in [0.1, 0.15) is 36.4 Å². The molecule has 2 rings (SSSR count). The summed E-state index contributed by atoms with van der Waals surface area (Å²) in [5, 5.41) is 4.35.